The van der Waals surface area contributed by atoms with Crippen molar-refractivity contribution in [3.05, 3.63) is 29.8 Å². The predicted molar refractivity (Wildman–Crippen MR) is 42.8 cm³/mol. The Hall–Kier alpha value is -0.550. The number of benzene rings is 1. The number of aliphatic carboxylic acids is 1. The summed E-state index contributed by atoms with van der Waals surface area (Å²) in [6.45, 7) is 0. The molecule has 70 valence electrons. The van der Waals surface area contributed by atoms with Gasteiger partial charge >= 0.3 is 29.6 Å². The minimum atomic E-state index is -1.58. The molecule has 0 amide bonds. The second-order valence-corrected chi connectivity index (χ2v) is 2.67. The largest absolute Gasteiger partial charge is 1.00 e. The molecule has 0 fully saturated rings. The van der Waals surface area contributed by atoms with Gasteiger partial charge in [-0.1, -0.05) is 18.2 Å². The summed E-state index contributed by atoms with van der Waals surface area (Å²) in [4.78, 5) is 10.2. The Morgan fingerprint density at radius 2 is 2.00 bits per heavy atom. The zero-order valence-corrected chi connectivity index (χ0v) is 9.80. The fourth-order valence-corrected chi connectivity index (χ4v) is 0.975. The predicted octanol–water partition coefficient (Wildman–Crippen LogP) is -3.95. The maximum Gasteiger partial charge on any atom is 1.00 e. The van der Waals surface area contributed by atoms with Gasteiger partial charge in [-0.15, -0.1) is 0 Å². The zero-order valence-electron chi connectivity index (χ0n) is 7.80. The molecule has 0 saturated carbocycles. The van der Waals surface area contributed by atoms with E-state index in [0.717, 1.165) is 0 Å². The number of hydrogen-bond donors (Lipinski definition) is 2. The minimum Gasteiger partial charge on any atom is -0.547 e. The summed E-state index contributed by atoms with van der Waals surface area (Å²) in [6.07, 6.45) is -1.72. The summed E-state index contributed by atoms with van der Waals surface area (Å²) in [5, 5.41) is 28.3. The molecule has 1 aromatic carbocycles. The van der Waals surface area contributed by atoms with E-state index in [2.05, 4.69) is 0 Å². The number of rotatable bonds is 3. The summed E-state index contributed by atoms with van der Waals surface area (Å²) in [6, 6.07) is 6.24. The van der Waals surface area contributed by atoms with Gasteiger partial charge in [-0.2, -0.15) is 0 Å². The summed E-state index contributed by atoms with van der Waals surface area (Å²) in [5.41, 5.74) is 0.388. The smallest absolute Gasteiger partial charge is 0.547 e. The molecule has 0 bridgehead atoms. The monoisotopic (exact) mass is 204 g/mol. The topological polar surface area (TPSA) is 80.6 Å². The van der Waals surface area contributed by atoms with Gasteiger partial charge in [0, 0.05) is 6.42 Å². The first-order valence-corrected chi connectivity index (χ1v) is 3.77. The summed E-state index contributed by atoms with van der Waals surface area (Å²) < 4.78 is 0. The molecule has 0 heterocycles. The van der Waals surface area contributed by atoms with Gasteiger partial charge in [0.2, 0.25) is 0 Å². The van der Waals surface area contributed by atoms with E-state index in [0.29, 0.717) is 5.56 Å². The van der Waals surface area contributed by atoms with Crippen molar-refractivity contribution in [2.45, 2.75) is 12.5 Å². The third-order valence-electron chi connectivity index (χ3n) is 1.68. The first-order chi connectivity index (χ1) is 6.11. The molecule has 0 aliphatic carbocycles. The molecule has 4 nitrogen and oxygen atoms in total. The maximum absolute atomic E-state index is 10.2. The fourth-order valence-electron chi connectivity index (χ4n) is 0.975. The molecular weight excluding hydrogens is 195 g/mol. The average Bonchev–Trinajstić information content (AvgIpc) is 2.08. The van der Waals surface area contributed by atoms with E-state index in [-0.39, 0.29) is 41.7 Å². The van der Waals surface area contributed by atoms with Gasteiger partial charge in [0.15, 0.2) is 0 Å². The fraction of sp³-hybridized carbons (Fsp3) is 0.222. The van der Waals surface area contributed by atoms with Crippen LogP contribution in [-0.2, 0) is 11.2 Å². The van der Waals surface area contributed by atoms with Crippen molar-refractivity contribution in [1.82, 2.24) is 0 Å². The Labute approximate surface area is 103 Å². The number of para-hydroxylation sites is 1. The van der Waals surface area contributed by atoms with Crippen LogP contribution < -0.4 is 34.7 Å². The second kappa shape index (κ2) is 6.03. The van der Waals surface area contributed by atoms with Crippen LogP contribution >= 0.6 is 0 Å². The average molecular weight is 204 g/mol. The molecule has 0 radical (unpaired) electrons. The molecule has 0 aromatic heterocycles. The normalized spacial score (nSPS) is 11.5. The third kappa shape index (κ3) is 3.67. The Balaban J connectivity index is 0.00000169. The van der Waals surface area contributed by atoms with Crippen LogP contribution in [0.3, 0.4) is 0 Å². The van der Waals surface area contributed by atoms with E-state index < -0.39 is 12.1 Å². The van der Waals surface area contributed by atoms with E-state index in [9.17, 15) is 15.0 Å². The molecular formula is C9H9NaO4. The number of carboxylic acid groups (broad SMARTS) is 1. The molecule has 0 aliphatic heterocycles. The molecule has 1 atom stereocenters. The maximum atomic E-state index is 10.2. The quantitative estimate of drug-likeness (QED) is 0.492. The number of carbonyl (C=O) groups is 1. The first-order valence-electron chi connectivity index (χ1n) is 3.77. The minimum absolute atomic E-state index is 0. The van der Waals surface area contributed by atoms with Crippen molar-refractivity contribution in [2.24, 2.45) is 0 Å². The van der Waals surface area contributed by atoms with Crippen LogP contribution in [0.15, 0.2) is 24.3 Å². The van der Waals surface area contributed by atoms with Crippen molar-refractivity contribution < 1.29 is 49.7 Å². The number of aliphatic hydroxyl groups is 1. The summed E-state index contributed by atoms with van der Waals surface area (Å²) in [7, 11) is 0. The number of aliphatic hydroxyl groups excluding tert-OH is 1. The van der Waals surface area contributed by atoms with Crippen LogP contribution in [0.2, 0.25) is 0 Å². The molecule has 1 rings (SSSR count). The number of aromatic hydroxyl groups is 1. The first kappa shape index (κ1) is 13.4. The number of phenols is 1. The van der Waals surface area contributed by atoms with Gasteiger partial charge < -0.3 is 20.1 Å². The van der Waals surface area contributed by atoms with Gasteiger partial charge in [-0.25, -0.2) is 0 Å². The van der Waals surface area contributed by atoms with Crippen molar-refractivity contribution in [2.75, 3.05) is 0 Å². The van der Waals surface area contributed by atoms with Gasteiger partial charge in [0.25, 0.3) is 0 Å². The SMILES string of the molecule is O=C([O-])[C@@H](O)Cc1ccccc1O.[Na+]. The van der Waals surface area contributed by atoms with Gasteiger partial charge in [0.05, 0.1) is 12.1 Å². The van der Waals surface area contributed by atoms with Crippen LogP contribution in [0.1, 0.15) is 5.56 Å². The Morgan fingerprint density at radius 1 is 1.43 bits per heavy atom. The molecule has 0 spiro atoms. The number of hydrogen-bond acceptors (Lipinski definition) is 4. The molecule has 0 unspecified atom stereocenters. The van der Waals surface area contributed by atoms with Crippen molar-refractivity contribution in [1.29, 1.82) is 0 Å². The zero-order chi connectivity index (χ0) is 9.84. The van der Waals surface area contributed by atoms with Crippen LogP contribution in [0.5, 0.6) is 5.75 Å². The Bertz CT molecular complexity index is 313. The Morgan fingerprint density at radius 3 is 2.50 bits per heavy atom. The van der Waals surface area contributed by atoms with E-state index in [1.54, 1.807) is 18.2 Å². The number of phenolic OH excluding ortho intramolecular Hbond substituents is 1. The van der Waals surface area contributed by atoms with Crippen LogP contribution in [0.25, 0.3) is 0 Å². The summed E-state index contributed by atoms with van der Waals surface area (Å²) >= 11 is 0. The van der Waals surface area contributed by atoms with Crippen molar-refractivity contribution in [3.8, 4) is 5.75 Å². The van der Waals surface area contributed by atoms with E-state index >= 15 is 0 Å². The Kier molecular flexibility index (Phi) is 5.79. The molecule has 0 saturated heterocycles. The van der Waals surface area contributed by atoms with Crippen LogP contribution in [0.4, 0.5) is 0 Å². The summed E-state index contributed by atoms with van der Waals surface area (Å²) in [5.74, 6) is -1.56. The molecule has 1 aromatic rings. The van der Waals surface area contributed by atoms with Gasteiger partial charge in [-0.3, -0.25) is 0 Å². The van der Waals surface area contributed by atoms with Gasteiger partial charge in [-0.05, 0) is 11.6 Å². The van der Waals surface area contributed by atoms with Gasteiger partial charge in [0.1, 0.15) is 5.75 Å². The van der Waals surface area contributed by atoms with E-state index in [1.165, 1.54) is 6.07 Å². The number of carboxylic acids is 1. The third-order valence-corrected chi connectivity index (χ3v) is 1.68. The second-order valence-electron chi connectivity index (χ2n) is 2.67. The van der Waals surface area contributed by atoms with Crippen LogP contribution in [0, 0.1) is 0 Å². The van der Waals surface area contributed by atoms with E-state index in [4.69, 9.17) is 5.11 Å². The molecule has 2 N–H and O–H groups in total. The van der Waals surface area contributed by atoms with Crippen molar-refractivity contribution >= 4 is 5.97 Å². The standard InChI is InChI=1S/C9H10O4.Na/c10-7-4-2-1-3-6(7)5-8(11)9(12)13;/h1-4,8,10-11H,5H2,(H,12,13);/q;+1/p-1/t8-;/m0./s1. The van der Waals surface area contributed by atoms with Crippen LogP contribution in [-0.4, -0.2) is 22.3 Å². The number of carbonyl (C=O) groups excluding carboxylic acids is 1. The molecule has 5 heteroatoms. The molecule has 0 aliphatic rings. The van der Waals surface area contributed by atoms with E-state index in [1.807, 2.05) is 0 Å². The van der Waals surface area contributed by atoms with Crippen molar-refractivity contribution in [3.63, 3.8) is 0 Å². The molecule has 14 heavy (non-hydrogen) atoms.